The molecule has 0 aromatic heterocycles. The summed E-state index contributed by atoms with van der Waals surface area (Å²) in [7, 11) is 0. The molecule has 2 fully saturated rings. The maximum Gasteiger partial charge on any atom is 0.0275 e. The summed E-state index contributed by atoms with van der Waals surface area (Å²) < 4.78 is 0. The van der Waals surface area contributed by atoms with E-state index in [-0.39, 0.29) is 0 Å². The normalized spacial score (nSPS) is 39.2. The molecule has 6 unspecified atom stereocenters. The van der Waals surface area contributed by atoms with Gasteiger partial charge < -0.3 is 0 Å². The van der Waals surface area contributed by atoms with Gasteiger partial charge in [0, 0.05) is 6.04 Å². The number of benzene rings is 1. The van der Waals surface area contributed by atoms with Crippen LogP contribution in [0.3, 0.4) is 0 Å². The number of hydrogen-bond donors (Lipinski definition) is 2. The van der Waals surface area contributed by atoms with Gasteiger partial charge in [-0.15, -0.1) is 0 Å². The minimum atomic E-state index is 0.536. The molecule has 3 N–H and O–H groups in total. The SMILES string of the molecule is CC1CCCC(C(NN)C2C3CCc4ccccc4C32)C1. The summed E-state index contributed by atoms with van der Waals surface area (Å²) in [6.45, 7) is 2.41. The summed E-state index contributed by atoms with van der Waals surface area (Å²) in [5, 5.41) is 0. The fraction of sp³-hybridized carbons (Fsp3) is 0.684. The molecular formula is C19H28N2. The zero-order valence-electron chi connectivity index (χ0n) is 13.1. The maximum absolute atomic E-state index is 6.01. The minimum Gasteiger partial charge on any atom is -0.271 e. The minimum absolute atomic E-state index is 0.536. The van der Waals surface area contributed by atoms with Crippen LogP contribution in [-0.4, -0.2) is 6.04 Å². The molecule has 0 radical (unpaired) electrons. The molecule has 0 heterocycles. The van der Waals surface area contributed by atoms with Crippen molar-refractivity contribution < 1.29 is 0 Å². The number of hydrogen-bond acceptors (Lipinski definition) is 2. The third-order valence-electron chi connectivity index (χ3n) is 6.48. The summed E-state index contributed by atoms with van der Waals surface area (Å²) in [5.74, 6) is 10.1. The molecule has 2 nitrogen and oxygen atoms in total. The smallest absolute Gasteiger partial charge is 0.0275 e. The lowest BCUT2D eigenvalue weighted by molar-refractivity contribution is 0.202. The highest BCUT2D eigenvalue weighted by atomic mass is 15.2. The van der Waals surface area contributed by atoms with Gasteiger partial charge in [-0.3, -0.25) is 11.3 Å². The number of nitrogens with two attached hydrogens (primary N) is 1. The molecule has 1 aromatic rings. The summed E-state index contributed by atoms with van der Waals surface area (Å²) in [5.41, 5.74) is 6.46. The Morgan fingerprint density at radius 1 is 1.19 bits per heavy atom. The Labute approximate surface area is 128 Å². The van der Waals surface area contributed by atoms with Crippen LogP contribution < -0.4 is 11.3 Å². The molecule has 4 rings (SSSR count). The molecule has 1 aromatic carbocycles. The highest BCUT2D eigenvalue weighted by molar-refractivity contribution is 5.40. The Hall–Kier alpha value is -0.860. The number of nitrogens with one attached hydrogen (secondary N) is 1. The van der Waals surface area contributed by atoms with Gasteiger partial charge in [-0.2, -0.15) is 0 Å². The molecule has 2 heteroatoms. The molecule has 0 amide bonds. The van der Waals surface area contributed by atoms with Crippen molar-refractivity contribution in [1.29, 1.82) is 0 Å². The van der Waals surface area contributed by atoms with Crippen molar-refractivity contribution in [2.24, 2.45) is 29.5 Å². The summed E-state index contributed by atoms with van der Waals surface area (Å²) in [6, 6.07) is 9.63. The van der Waals surface area contributed by atoms with E-state index in [0.29, 0.717) is 6.04 Å². The predicted octanol–water partition coefficient (Wildman–Crippen LogP) is 3.62. The van der Waals surface area contributed by atoms with Gasteiger partial charge in [0.2, 0.25) is 0 Å². The van der Waals surface area contributed by atoms with Crippen molar-refractivity contribution >= 4 is 0 Å². The zero-order valence-corrected chi connectivity index (χ0v) is 13.1. The van der Waals surface area contributed by atoms with Gasteiger partial charge in [0.1, 0.15) is 0 Å². The highest BCUT2D eigenvalue weighted by Crippen LogP contribution is 2.62. The van der Waals surface area contributed by atoms with Crippen molar-refractivity contribution in [3.05, 3.63) is 35.4 Å². The molecule has 21 heavy (non-hydrogen) atoms. The molecule has 0 bridgehead atoms. The fourth-order valence-electron chi connectivity index (χ4n) is 5.48. The topological polar surface area (TPSA) is 38.0 Å². The molecule has 2 saturated carbocycles. The van der Waals surface area contributed by atoms with E-state index in [1.165, 1.54) is 38.5 Å². The van der Waals surface area contributed by atoms with Crippen LogP contribution in [0.1, 0.15) is 56.1 Å². The number of rotatable bonds is 3. The molecule has 3 aliphatic rings. The first kappa shape index (κ1) is 13.8. The number of hydrazine groups is 1. The van der Waals surface area contributed by atoms with Gasteiger partial charge >= 0.3 is 0 Å². The third-order valence-corrected chi connectivity index (χ3v) is 6.48. The van der Waals surface area contributed by atoms with Crippen molar-refractivity contribution in [1.82, 2.24) is 5.43 Å². The van der Waals surface area contributed by atoms with Gasteiger partial charge in [-0.05, 0) is 66.4 Å². The van der Waals surface area contributed by atoms with Crippen LogP contribution in [0.2, 0.25) is 0 Å². The Morgan fingerprint density at radius 2 is 2.05 bits per heavy atom. The van der Waals surface area contributed by atoms with E-state index in [1.54, 1.807) is 11.1 Å². The first-order valence-corrected chi connectivity index (χ1v) is 8.83. The molecule has 6 atom stereocenters. The third kappa shape index (κ3) is 2.33. The van der Waals surface area contributed by atoms with Crippen LogP contribution in [0.5, 0.6) is 0 Å². The van der Waals surface area contributed by atoms with Gasteiger partial charge in [0.25, 0.3) is 0 Å². The Bertz CT molecular complexity index is 512. The van der Waals surface area contributed by atoms with E-state index in [0.717, 1.165) is 29.6 Å². The second kappa shape index (κ2) is 5.40. The summed E-state index contributed by atoms with van der Waals surface area (Å²) in [6.07, 6.45) is 8.18. The van der Waals surface area contributed by atoms with Crippen molar-refractivity contribution in [2.75, 3.05) is 0 Å². The average Bonchev–Trinajstić information content (AvgIpc) is 3.23. The lowest BCUT2D eigenvalue weighted by Crippen LogP contribution is -2.44. The van der Waals surface area contributed by atoms with E-state index in [2.05, 4.69) is 36.6 Å². The Balaban J connectivity index is 1.54. The highest BCUT2D eigenvalue weighted by Gasteiger charge is 2.57. The molecule has 0 aliphatic heterocycles. The monoisotopic (exact) mass is 284 g/mol. The first-order chi connectivity index (χ1) is 10.3. The predicted molar refractivity (Wildman–Crippen MR) is 86.7 cm³/mol. The van der Waals surface area contributed by atoms with Crippen LogP contribution in [0, 0.1) is 23.7 Å². The van der Waals surface area contributed by atoms with Crippen molar-refractivity contribution in [3.63, 3.8) is 0 Å². The quantitative estimate of drug-likeness (QED) is 0.657. The molecule has 0 spiro atoms. The van der Waals surface area contributed by atoms with Crippen LogP contribution in [0.25, 0.3) is 0 Å². The lowest BCUT2D eigenvalue weighted by Gasteiger charge is -2.33. The van der Waals surface area contributed by atoms with E-state index in [9.17, 15) is 0 Å². The van der Waals surface area contributed by atoms with E-state index >= 15 is 0 Å². The summed E-state index contributed by atoms with van der Waals surface area (Å²) >= 11 is 0. The van der Waals surface area contributed by atoms with Gasteiger partial charge in [0.15, 0.2) is 0 Å². The van der Waals surface area contributed by atoms with Crippen LogP contribution in [0.4, 0.5) is 0 Å². The second-order valence-corrected chi connectivity index (χ2v) is 7.73. The van der Waals surface area contributed by atoms with Gasteiger partial charge in [0.05, 0.1) is 0 Å². The second-order valence-electron chi connectivity index (χ2n) is 7.73. The van der Waals surface area contributed by atoms with Crippen LogP contribution in [-0.2, 0) is 6.42 Å². The Morgan fingerprint density at radius 3 is 2.86 bits per heavy atom. The van der Waals surface area contributed by atoms with Crippen molar-refractivity contribution in [2.45, 2.75) is 57.4 Å². The van der Waals surface area contributed by atoms with Crippen LogP contribution in [0.15, 0.2) is 24.3 Å². The van der Waals surface area contributed by atoms with Gasteiger partial charge in [-0.25, -0.2) is 0 Å². The molecule has 3 aliphatic carbocycles. The fourth-order valence-corrected chi connectivity index (χ4v) is 5.48. The first-order valence-electron chi connectivity index (χ1n) is 8.83. The largest absolute Gasteiger partial charge is 0.271 e. The van der Waals surface area contributed by atoms with Gasteiger partial charge in [-0.1, -0.05) is 44.0 Å². The van der Waals surface area contributed by atoms with Crippen molar-refractivity contribution in [3.8, 4) is 0 Å². The van der Waals surface area contributed by atoms with E-state index < -0.39 is 0 Å². The van der Waals surface area contributed by atoms with E-state index in [1.807, 2.05) is 0 Å². The maximum atomic E-state index is 6.01. The number of aryl methyl sites for hydroxylation is 1. The van der Waals surface area contributed by atoms with E-state index in [4.69, 9.17) is 5.84 Å². The number of fused-ring (bicyclic) bond motifs is 3. The molecule has 114 valence electrons. The summed E-state index contributed by atoms with van der Waals surface area (Å²) in [4.78, 5) is 0. The molecule has 0 saturated heterocycles. The molecular weight excluding hydrogens is 256 g/mol. The average molecular weight is 284 g/mol. The lowest BCUT2D eigenvalue weighted by atomic mass is 9.77. The Kier molecular flexibility index (Phi) is 3.55. The standard InChI is InChI=1S/C19H28N2/c1-12-5-4-7-14(11-12)19(21-20)18-16-10-9-13-6-2-3-8-15(13)17(16)18/h2-3,6,8,12,14,16-19,21H,4-5,7,9-11,20H2,1H3. The van der Waals surface area contributed by atoms with Crippen LogP contribution >= 0.6 is 0 Å². The zero-order chi connectivity index (χ0) is 14.4.